The van der Waals surface area contributed by atoms with E-state index in [-0.39, 0.29) is 5.92 Å². The molecule has 5 nitrogen and oxygen atoms in total. The number of carbonyl (C=O) groups is 1. The summed E-state index contributed by atoms with van der Waals surface area (Å²) in [5, 5.41) is 8.98. The number of methoxy groups -OCH3 is 1. The van der Waals surface area contributed by atoms with E-state index < -0.39 is 5.97 Å². The molecule has 2 rings (SSSR count). The highest BCUT2D eigenvalue weighted by Gasteiger charge is 2.28. The third-order valence-corrected chi connectivity index (χ3v) is 3.18. The average molecular weight is 224 g/mol. The normalized spacial score (nSPS) is 19.5. The molecule has 88 valence electrons. The van der Waals surface area contributed by atoms with E-state index in [0.29, 0.717) is 19.4 Å². The predicted molar refractivity (Wildman–Crippen MR) is 57.1 cm³/mol. The number of hydrogen-bond acceptors (Lipinski definition) is 3. The summed E-state index contributed by atoms with van der Waals surface area (Å²) in [4.78, 5) is 15.4. The van der Waals surface area contributed by atoms with Gasteiger partial charge in [-0.05, 0) is 12.8 Å². The topological polar surface area (TPSA) is 64.4 Å². The van der Waals surface area contributed by atoms with Gasteiger partial charge in [0.15, 0.2) is 0 Å². The fourth-order valence-electron chi connectivity index (χ4n) is 2.24. The van der Waals surface area contributed by atoms with Crippen LogP contribution in [-0.2, 0) is 36.0 Å². The number of hydrogen-bond donors (Lipinski definition) is 1. The molecule has 0 fully saturated rings. The number of rotatable bonds is 3. The monoisotopic (exact) mass is 224 g/mol. The van der Waals surface area contributed by atoms with E-state index in [1.807, 2.05) is 11.6 Å². The quantitative estimate of drug-likeness (QED) is 0.823. The van der Waals surface area contributed by atoms with Crippen LogP contribution in [0.25, 0.3) is 0 Å². The molecule has 0 bridgehead atoms. The Balaban J connectivity index is 2.26. The van der Waals surface area contributed by atoms with Gasteiger partial charge in [-0.1, -0.05) is 0 Å². The Morgan fingerprint density at radius 3 is 3.06 bits per heavy atom. The third-order valence-electron chi connectivity index (χ3n) is 3.18. The smallest absolute Gasteiger partial charge is 0.306 e. The van der Waals surface area contributed by atoms with E-state index in [1.54, 1.807) is 7.11 Å². The van der Waals surface area contributed by atoms with Crippen molar-refractivity contribution < 1.29 is 14.6 Å². The first-order valence-electron chi connectivity index (χ1n) is 5.38. The van der Waals surface area contributed by atoms with Crippen LogP contribution < -0.4 is 0 Å². The summed E-state index contributed by atoms with van der Waals surface area (Å²) in [7, 11) is 3.59. The SMILES string of the molecule is COCc1nc2c(n1C)CCC(C(=O)O)C2. The fourth-order valence-corrected chi connectivity index (χ4v) is 2.24. The molecule has 1 unspecified atom stereocenters. The molecule has 1 heterocycles. The number of aliphatic carboxylic acids is 1. The molecule has 1 atom stereocenters. The molecule has 0 spiro atoms. The summed E-state index contributed by atoms with van der Waals surface area (Å²) in [6, 6.07) is 0. The Hall–Kier alpha value is -1.36. The molecule has 1 N–H and O–H groups in total. The Bertz CT molecular complexity index is 412. The molecule has 0 radical (unpaired) electrons. The number of imidazole rings is 1. The van der Waals surface area contributed by atoms with Crippen molar-refractivity contribution in [3.05, 3.63) is 17.2 Å². The number of ether oxygens (including phenoxy) is 1. The van der Waals surface area contributed by atoms with Crippen LogP contribution in [0.1, 0.15) is 23.6 Å². The van der Waals surface area contributed by atoms with Crippen molar-refractivity contribution in [2.45, 2.75) is 25.9 Å². The lowest BCUT2D eigenvalue weighted by Crippen LogP contribution is -2.22. The first-order chi connectivity index (χ1) is 7.63. The molecule has 1 aromatic heterocycles. The van der Waals surface area contributed by atoms with E-state index in [1.165, 1.54) is 0 Å². The Morgan fingerprint density at radius 1 is 1.69 bits per heavy atom. The van der Waals surface area contributed by atoms with E-state index >= 15 is 0 Å². The maximum absolute atomic E-state index is 10.9. The van der Waals surface area contributed by atoms with Crippen molar-refractivity contribution in [2.75, 3.05) is 7.11 Å². The van der Waals surface area contributed by atoms with E-state index in [0.717, 1.165) is 23.6 Å². The van der Waals surface area contributed by atoms with Gasteiger partial charge in [-0.15, -0.1) is 0 Å². The zero-order chi connectivity index (χ0) is 11.7. The van der Waals surface area contributed by atoms with Gasteiger partial charge in [0.1, 0.15) is 12.4 Å². The van der Waals surface area contributed by atoms with Gasteiger partial charge in [0.2, 0.25) is 0 Å². The molecular formula is C11H16N2O3. The minimum absolute atomic E-state index is 0.280. The van der Waals surface area contributed by atoms with Crippen molar-refractivity contribution in [2.24, 2.45) is 13.0 Å². The summed E-state index contributed by atoms with van der Waals surface area (Å²) in [6.45, 7) is 0.473. The van der Waals surface area contributed by atoms with Gasteiger partial charge in [-0.25, -0.2) is 4.98 Å². The van der Waals surface area contributed by atoms with Crippen LogP contribution in [0.15, 0.2) is 0 Å². The second-order valence-electron chi connectivity index (χ2n) is 4.19. The van der Waals surface area contributed by atoms with Crippen molar-refractivity contribution in [3.63, 3.8) is 0 Å². The standard InChI is InChI=1S/C11H16N2O3/c1-13-9-4-3-7(11(14)15)5-8(9)12-10(13)6-16-2/h7H,3-6H2,1-2H3,(H,14,15). The number of nitrogens with zero attached hydrogens (tertiary/aromatic N) is 2. The molecule has 0 saturated heterocycles. The minimum atomic E-state index is -0.718. The zero-order valence-electron chi connectivity index (χ0n) is 9.56. The lowest BCUT2D eigenvalue weighted by Gasteiger charge is -2.18. The second kappa shape index (κ2) is 4.25. The van der Waals surface area contributed by atoms with Gasteiger partial charge in [0.25, 0.3) is 0 Å². The maximum Gasteiger partial charge on any atom is 0.306 e. The third kappa shape index (κ3) is 1.82. The van der Waals surface area contributed by atoms with Crippen LogP contribution in [0, 0.1) is 5.92 Å². The van der Waals surface area contributed by atoms with Gasteiger partial charge in [0.05, 0.1) is 11.6 Å². The molecular weight excluding hydrogens is 208 g/mol. The van der Waals surface area contributed by atoms with Crippen LogP contribution >= 0.6 is 0 Å². The van der Waals surface area contributed by atoms with Crippen LogP contribution in [0.2, 0.25) is 0 Å². The number of aromatic nitrogens is 2. The van der Waals surface area contributed by atoms with Crippen molar-refractivity contribution >= 4 is 5.97 Å². The van der Waals surface area contributed by atoms with Crippen LogP contribution in [0.4, 0.5) is 0 Å². The molecule has 0 aliphatic heterocycles. The van der Waals surface area contributed by atoms with Crippen molar-refractivity contribution in [1.29, 1.82) is 0 Å². The van der Waals surface area contributed by atoms with Crippen LogP contribution in [0.5, 0.6) is 0 Å². The molecule has 0 amide bonds. The summed E-state index contributed by atoms with van der Waals surface area (Å²) >= 11 is 0. The highest BCUT2D eigenvalue weighted by atomic mass is 16.5. The molecule has 5 heteroatoms. The molecule has 16 heavy (non-hydrogen) atoms. The summed E-state index contributed by atoms with van der Waals surface area (Å²) in [6.07, 6.45) is 2.04. The molecule has 0 saturated carbocycles. The number of carboxylic acid groups (broad SMARTS) is 1. The van der Waals surface area contributed by atoms with Gasteiger partial charge < -0.3 is 14.4 Å². The summed E-state index contributed by atoms with van der Waals surface area (Å²) < 4.78 is 7.09. The van der Waals surface area contributed by atoms with Crippen molar-refractivity contribution in [1.82, 2.24) is 9.55 Å². The molecule has 1 aromatic rings. The Kier molecular flexibility index (Phi) is 2.96. The van der Waals surface area contributed by atoms with E-state index in [4.69, 9.17) is 9.84 Å². The van der Waals surface area contributed by atoms with Gasteiger partial charge in [-0.2, -0.15) is 0 Å². The van der Waals surface area contributed by atoms with Crippen LogP contribution in [0.3, 0.4) is 0 Å². The summed E-state index contributed by atoms with van der Waals surface area (Å²) in [5.41, 5.74) is 2.08. The van der Waals surface area contributed by atoms with Gasteiger partial charge in [-0.3, -0.25) is 4.79 Å². The second-order valence-corrected chi connectivity index (χ2v) is 4.19. The largest absolute Gasteiger partial charge is 0.481 e. The maximum atomic E-state index is 10.9. The molecule has 1 aliphatic rings. The summed E-state index contributed by atoms with van der Waals surface area (Å²) in [5.74, 6) is -0.124. The van der Waals surface area contributed by atoms with Gasteiger partial charge >= 0.3 is 5.97 Å². The Morgan fingerprint density at radius 2 is 2.44 bits per heavy atom. The highest BCUT2D eigenvalue weighted by molar-refractivity contribution is 5.70. The van der Waals surface area contributed by atoms with Crippen LogP contribution in [-0.4, -0.2) is 27.7 Å². The van der Waals surface area contributed by atoms with Gasteiger partial charge in [0, 0.05) is 26.3 Å². The minimum Gasteiger partial charge on any atom is -0.481 e. The average Bonchev–Trinajstić information content (AvgIpc) is 2.56. The lowest BCUT2D eigenvalue weighted by atomic mass is 9.90. The first-order valence-corrected chi connectivity index (χ1v) is 5.38. The van der Waals surface area contributed by atoms with E-state index in [9.17, 15) is 4.79 Å². The lowest BCUT2D eigenvalue weighted by molar-refractivity contribution is -0.142. The van der Waals surface area contributed by atoms with E-state index in [2.05, 4.69) is 4.98 Å². The predicted octanol–water partition coefficient (Wildman–Crippen LogP) is 0.756. The van der Waals surface area contributed by atoms with Crippen molar-refractivity contribution in [3.8, 4) is 0 Å². The number of carboxylic acids is 1. The Labute approximate surface area is 94.1 Å². The molecule has 0 aromatic carbocycles. The fraction of sp³-hybridized carbons (Fsp3) is 0.636. The zero-order valence-corrected chi connectivity index (χ0v) is 9.56. The first kappa shape index (κ1) is 11.1. The number of fused-ring (bicyclic) bond motifs is 1. The molecule has 1 aliphatic carbocycles. The highest BCUT2D eigenvalue weighted by Crippen LogP contribution is 2.25.